The second-order valence-electron chi connectivity index (χ2n) is 8.88. The Balaban J connectivity index is 1.35. The topological polar surface area (TPSA) is 163 Å². The second kappa shape index (κ2) is 8.26. The van der Waals surface area contributed by atoms with Gasteiger partial charge in [0.15, 0.2) is 0 Å². The summed E-state index contributed by atoms with van der Waals surface area (Å²) in [6.45, 7) is 2.60. The number of rotatable bonds is 8. The van der Waals surface area contributed by atoms with Gasteiger partial charge in [-0.2, -0.15) is 0 Å². The van der Waals surface area contributed by atoms with Crippen LogP contribution in [0.4, 0.5) is 0 Å². The molecular weight excluding hydrogens is 419 g/mol. The van der Waals surface area contributed by atoms with Gasteiger partial charge in [-0.25, -0.2) is 4.79 Å². The van der Waals surface area contributed by atoms with Crippen LogP contribution in [0.15, 0.2) is 12.1 Å². The highest BCUT2D eigenvalue weighted by Gasteiger charge is 2.54. The number of carboxylic acids is 1. The van der Waals surface area contributed by atoms with Crippen LogP contribution in [0.25, 0.3) is 0 Å². The average Bonchev–Trinajstić information content (AvgIpc) is 3.51. The summed E-state index contributed by atoms with van der Waals surface area (Å²) in [7, 11) is 0.475. The Morgan fingerprint density at radius 1 is 1.38 bits per heavy atom. The lowest BCUT2D eigenvalue weighted by molar-refractivity contribution is -0.130. The van der Waals surface area contributed by atoms with Gasteiger partial charge in [0.05, 0.1) is 6.54 Å². The minimum absolute atomic E-state index is 0.0234. The summed E-state index contributed by atoms with van der Waals surface area (Å²) >= 11 is 0. The number of ether oxygens (including phenoxy) is 1. The fourth-order valence-corrected chi connectivity index (χ4v) is 4.29. The van der Waals surface area contributed by atoms with Gasteiger partial charge in [-0.15, -0.1) is 0 Å². The van der Waals surface area contributed by atoms with Crippen molar-refractivity contribution in [2.45, 2.75) is 36.7 Å². The molecular formula is C20H27BN4O7. The van der Waals surface area contributed by atoms with Gasteiger partial charge in [-0.05, 0) is 30.9 Å². The normalized spacial score (nSPS) is 23.6. The fraction of sp³-hybridized carbons (Fsp3) is 0.550. The van der Waals surface area contributed by atoms with E-state index in [1.165, 1.54) is 7.05 Å². The first kappa shape index (κ1) is 22.4. The maximum absolute atomic E-state index is 12.3. The monoisotopic (exact) mass is 446 g/mol. The Hall–Kier alpha value is -2.83. The molecule has 3 atom stereocenters. The largest absolute Gasteiger partial charge is 0.535 e. The van der Waals surface area contributed by atoms with Crippen LogP contribution >= 0.6 is 0 Å². The molecule has 1 saturated heterocycles. The highest BCUT2D eigenvalue weighted by atomic mass is 16.5. The number of nitrogens with one attached hydrogen (secondary N) is 2. The lowest BCUT2D eigenvalue weighted by Crippen LogP contribution is -2.64. The van der Waals surface area contributed by atoms with Crippen LogP contribution in [-0.2, 0) is 9.59 Å². The summed E-state index contributed by atoms with van der Waals surface area (Å²) in [5.74, 6) is -1.43. The van der Waals surface area contributed by atoms with Gasteiger partial charge in [-0.3, -0.25) is 14.5 Å². The molecule has 1 saturated carbocycles. The van der Waals surface area contributed by atoms with Crippen molar-refractivity contribution in [3.05, 3.63) is 23.3 Å². The molecule has 2 fully saturated rings. The molecule has 6 N–H and O–H groups in total. The van der Waals surface area contributed by atoms with Crippen LogP contribution in [0, 0.1) is 0 Å². The van der Waals surface area contributed by atoms with E-state index in [1.54, 1.807) is 19.1 Å². The van der Waals surface area contributed by atoms with E-state index in [0.717, 1.165) is 12.0 Å². The lowest BCUT2D eigenvalue weighted by Gasteiger charge is -2.42. The summed E-state index contributed by atoms with van der Waals surface area (Å²) in [4.78, 5) is 37.4. The average molecular weight is 446 g/mol. The van der Waals surface area contributed by atoms with Gasteiger partial charge in [0.2, 0.25) is 11.8 Å². The summed E-state index contributed by atoms with van der Waals surface area (Å²) < 4.78 is 11.4. The van der Waals surface area contributed by atoms with Crippen molar-refractivity contribution < 1.29 is 33.9 Å². The number of likely N-dealkylation sites (N-methyl/N-ethyl adjacent to an activating group) is 1. The molecule has 2 heterocycles. The fourth-order valence-electron chi connectivity index (χ4n) is 4.29. The van der Waals surface area contributed by atoms with Gasteiger partial charge in [0, 0.05) is 32.5 Å². The Labute approximate surface area is 185 Å². The molecule has 3 aliphatic rings. The molecule has 32 heavy (non-hydrogen) atoms. The van der Waals surface area contributed by atoms with Crippen LogP contribution in [0.1, 0.15) is 35.2 Å². The van der Waals surface area contributed by atoms with E-state index in [-0.39, 0.29) is 53.9 Å². The number of carbonyl (C=O) groups is 3. The van der Waals surface area contributed by atoms with E-state index >= 15 is 0 Å². The predicted molar refractivity (Wildman–Crippen MR) is 114 cm³/mol. The van der Waals surface area contributed by atoms with E-state index in [9.17, 15) is 24.5 Å². The predicted octanol–water partition coefficient (Wildman–Crippen LogP) is -1.24. The summed E-state index contributed by atoms with van der Waals surface area (Å²) in [5.41, 5.74) is 5.63. The van der Waals surface area contributed by atoms with Crippen LogP contribution in [0.5, 0.6) is 11.5 Å². The molecule has 1 aliphatic carbocycles. The summed E-state index contributed by atoms with van der Waals surface area (Å²) in [6.07, 6.45) is 0.498. The molecule has 1 aromatic carbocycles. The van der Waals surface area contributed by atoms with Gasteiger partial charge < -0.3 is 35.9 Å². The van der Waals surface area contributed by atoms with E-state index < -0.39 is 24.5 Å². The number of likely N-dealkylation sites (tertiary alicyclic amines) is 1. The number of carboxylic acid groups (broad SMARTS) is 1. The molecule has 2 aliphatic heterocycles. The maximum Gasteiger partial charge on any atom is 0.526 e. The number of nitrogens with zero attached hydrogens (tertiary/aromatic N) is 1. The third kappa shape index (κ3) is 4.25. The third-order valence-electron chi connectivity index (χ3n) is 6.18. The summed E-state index contributed by atoms with van der Waals surface area (Å²) in [5, 5.41) is 24.7. The molecule has 1 aromatic rings. The minimum atomic E-state index is -1.21. The highest BCUT2D eigenvalue weighted by Crippen LogP contribution is 2.60. The quantitative estimate of drug-likeness (QED) is 0.307. The van der Waals surface area contributed by atoms with Gasteiger partial charge in [-0.1, -0.05) is 6.07 Å². The Morgan fingerprint density at radius 2 is 2.09 bits per heavy atom. The number of hydrogen-bond acceptors (Lipinski definition) is 8. The van der Waals surface area contributed by atoms with Crippen molar-refractivity contribution in [2.75, 3.05) is 33.2 Å². The first-order chi connectivity index (χ1) is 15.1. The molecule has 0 radical (unpaired) electrons. The zero-order valence-corrected chi connectivity index (χ0v) is 18.0. The van der Waals surface area contributed by atoms with Crippen molar-refractivity contribution in [3.8, 4) is 11.5 Å². The smallest absolute Gasteiger partial charge is 0.526 e. The van der Waals surface area contributed by atoms with Crippen LogP contribution in [-0.4, -0.2) is 84.8 Å². The summed E-state index contributed by atoms with van der Waals surface area (Å²) in [6, 6.07) is 3.44. The highest BCUT2D eigenvalue weighted by molar-refractivity contribution is 6.48. The molecule has 0 aromatic heterocycles. The van der Waals surface area contributed by atoms with Crippen LogP contribution < -0.4 is 25.8 Å². The Bertz CT molecular complexity index is 950. The van der Waals surface area contributed by atoms with Crippen molar-refractivity contribution in [1.29, 1.82) is 0 Å². The van der Waals surface area contributed by atoms with E-state index in [0.29, 0.717) is 13.1 Å². The number of amides is 2. The first-order valence-corrected chi connectivity index (χ1v) is 10.5. The molecule has 12 heteroatoms. The van der Waals surface area contributed by atoms with Crippen molar-refractivity contribution in [3.63, 3.8) is 0 Å². The van der Waals surface area contributed by atoms with Gasteiger partial charge >= 0.3 is 13.1 Å². The zero-order chi connectivity index (χ0) is 23.2. The van der Waals surface area contributed by atoms with Crippen LogP contribution in [0.3, 0.4) is 0 Å². The Morgan fingerprint density at radius 3 is 2.75 bits per heavy atom. The van der Waals surface area contributed by atoms with Crippen LogP contribution in [0.2, 0.25) is 5.82 Å². The number of aromatic carboxylic acids is 1. The third-order valence-corrected chi connectivity index (χ3v) is 6.18. The number of fused-ring (bicyclic) bond motifs is 3. The maximum atomic E-state index is 12.3. The van der Waals surface area contributed by atoms with Gasteiger partial charge in [0.1, 0.15) is 28.7 Å². The molecule has 172 valence electrons. The first-order valence-electron chi connectivity index (χ1n) is 10.5. The number of carbonyl (C=O) groups excluding carboxylic acids is 2. The second-order valence-corrected chi connectivity index (χ2v) is 8.88. The van der Waals surface area contributed by atoms with E-state index in [2.05, 4.69) is 10.6 Å². The van der Waals surface area contributed by atoms with E-state index in [4.69, 9.17) is 15.1 Å². The number of hydrogen-bond donors (Lipinski definition) is 5. The Kier molecular flexibility index (Phi) is 5.78. The molecule has 0 spiro atoms. The van der Waals surface area contributed by atoms with E-state index in [1.807, 2.05) is 4.90 Å². The zero-order valence-electron chi connectivity index (χ0n) is 18.0. The van der Waals surface area contributed by atoms with Crippen molar-refractivity contribution >= 4 is 24.9 Å². The molecule has 2 amide bonds. The standard InChI is InChI=1S/C20H27BN4O7/c1-20(22,19(29)24-6-15(26)23-2)9-25-7-10(8-25)31-14-4-3-11-12-5-13(12)21(30)32-17(11)16(14)18(27)28/h3-4,10,12-13,30H,5-9,22H2,1-2H3,(H,23,26)(H,24,29)(H,27,28)/t12-,13-,20?/m0/s1. The lowest BCUT2D eigenvalue weighted by atomic mass is 9.77. The van der Waals surface area contributed by atoms with Crippen molar-refractivity contribution in [1.82, 2.24) is 15.5 Å². The minimum Gasteiger partial charge on any atom is -0.535 e. The molecule has 0 bridgehead atoms. The molecule has 11 nitrogen and oxygen atoms in total. The molecule has 1 unspecified atom stereocenters. The number of benzene rings is 1. The molecule has 4 rings (SSSR count). The van der Waals surface area contributed by atoms with Crippen molar-refractivity contribution in [2.24, 2.45) is 5.73 Å². The SMILES string of the molecule is CNC(=O)CNC(=O)C(C)(N)CN1CC(Oc2ccc3c(c2C(=O)O)OB(O)[C@H]2C[C@@H]32)C1. The van der Waals surface area contributed by atoms with Gasteiger partial charge in [0.25, 0.3) is 0 Å². The number of nitrogens with two attached hydrogens (primary N) is 1.